The predicted molar refractivity (Wildman–Crippen MR) is 87.0 cm³/mol. The number of aliphatic hydroxyl groups is 1. The molecule has 0 aliphatic heterocycles. The molecule has 0 fully saturated rings. The molecule has 3 N–H and O–H groups in total. The van der Waals surface area contributed by atoms with Crippen LogP contribution in [0.15, 0.2) is 6.07 Å². The highest BCUT2D eigenvalue weighted by molar-refractivity contribution is 6.37. The van der Waals surface area contributed by atoms with Crippen LogP contribution in [0.4, 0.5) is 11.6 Å². The molecular formula is C14H23Cl2N3O. The molecule has 0 unspecified atom stereocenters. The second kappa shape index (κ2) is 6.37. The van der Waals surface area contributed by atoms with Crippen molar-refractivity contribution in [1.29, 1.82) is 0 Å². The van der Waals surface area contributed by atoms with Crippen LogP contribution < -0.4 is 10.6 Å². The molecule has 1 aromatic rings. The summed E-state index contributed by atoms with van der Waals surface area (Å²) in [6.45, 7) is 10.1. The van der Waals surface area contributed by atoms with Crippen LogP contribution in [0.1, 0.15) is 41.0 Å². The van der Waals surface area contributed by atoms with Gasteiger partial charge in [-0.25, -0.2) is 4.98 Å². The number of hydrogen-bond acceptors (Lipinski definition) is 4. The van der Waals surface area contributed by atoms with Crippen LogP contribution in [0, 0.1) is 0 Å². The zero-order valence-corrected chi connectivity index (χ0v) is 14.2. The molecule has 0 radical (unpaired) electrons. The summed E-state index contributed by atoms with van der Waals surface area (Å²) in [7, 11) is 0. The fourth-order valence-electron chi connectivity index (χ4n) is 1.37. The van der Waals surface area contributed by atoms with E-state index in [1.54, 1.807) is 19.9 Å². The van der Waals surface area contributed by atoms with Crippen LogP contribution in [-0.4, -0.2) is 27.8 Å². The minimum atomic E-state index is -0.936. The van der Waals surface area contributed by atoms with Crippen molar-refractivity contribution in [2.75, 3.05) is 17.2 Å². The Labute approximate surface area is 130 Å². The normalized spacial score (nSPS) is 12.4. The summed E-state index contributed by atoms with van der Waals surface area (Å²) in [4.78, 5) is 4.41. The summed E-state index contributed by atoms with van der Waals surface area (Å²) in [5.74, 6) is 1.09. The van der Waals surface area contributed by atoms with Gasteiger partial charge in [0, 0.05) is 6.54 Å². The van der Waals surface area contributed by atoms with Gasteiger partial charge in [-0.05, 0) is 40.2 Å². The molecule has 0 spiro atoms. The minimum Gasteiger partial charge on any atom is -0.388 e. The maximum absolute atomic E-state index is 10.2. The zero-order valence-electron chi connectivity index (χ0n) is 12.6. The van der Waals surface area contributed by atoms with E-state index in [1.807, 2.05) is 13.8 Å². The first kappa shape index (κ1) is 17.3. The molecule has 20 heavy (non-hydrogen) atoms. The standard InChI is InChI=1S/C14H23Cl2N3O/c1-6-7-17-11-9(15)8-10(16)12(18-11)19-13(2,3)14(4,5)20/h8,20H,6-7H2,1-5H3,(H2,17,18,19). The van der Waals surface area contributed by atoms with Crippen LogP contribution in [0.3, 0.4) is 0 Å². The third kappa shape index (κ3) is 4.14. The largest absolute Gasteiger partial charge is 0.388 e. The highest BCUT2D eigenvalue weighted by Gasteiger charge is 2.35. The van der Waals surface area contributed by atoms with Gasteiger partial charge in [0.2, 0.25) is 0 Å². The van der Waals surface area contributed by atoms with Gasteiger partial charge >= 0.3 is 0 Å². The Bertz CT molecular complexity index is 470. The number of nitrogens with zero attached hydrogens (tertiary/aromatic N) is 1. The molecule has 114 valence electrons. The van der Waals surface area contributed by atoms with Gasteiger partial charge in [-0.2, -0.15) is 0 Å². The van der Waals surface area contributed by atoms with E-state index in [4.69, 9.17) is 23.2 Å². The molecular weight excluding hydrogens is 297 g/mol. The molecule has 0 saturated carbocycles. The Kier molecular flexibility index (Phi) is 5.53. The van der Waals surface area contributed by atoms with Crippen LogP contribution in [0.25, 0.3) is 0 Å². The van der Waals surface area contributed by atoms with Gasteiger partial charge < -0.3 is 15.7 Å². The van der Waals surface area contributed by atoms with Crippen molar-refractivity contribution in [2.24, 2.45) is 0 Å². The van der Waals surface area contributed by atoms with Crippen LogP contribution in [-0.2, 0) is 0 Å². The van der Waals surface area contributed by atoms with Crippen molar-refractivity contribution in [2.45, 2.75) is 52.2 Å². The van der Waals surface area contributed by atoms with Gasteiger partial charge in [0.1, 0.15) is 11.6 Å². The lowest BCUT2D eigenvalue weighted by Gasteiger charge is -2.38. The average molecular weight is 320 g/mol. The monoisotopic (exact) mass is 319 g/mol. The van der Waals surface area contributed by atoms with Crippen molar-refractivity contribution in [3.05, 3.63) is 16.1 Å². The van der Waals surface area contributed by atoms with E-state index in [9.17, 15) is 5.11 Å². The molecule has 0 atom stereocenters. The summed E-state index contributed by atoms with van der Waals surface area (Å²) in [6.07, 6.45) is 0.971. The third-order valence-electron chi connectivity index (χ3n) is 3.43. The van der Waals surface area contributed by atoms with Gasteiger partial charge in [-0.3, -0.25) is 0 Å². The van der Waals surface area contributed by atoms with Crippen molar-refractivity contribution < 1.29 is 5.11 Å². The highest BCUT2D eigenvalue weighted by Crippen LogP contribution is 2.33. The maximum Gasteiger partial charge on any atom is 0.147 e. The minimum absolute atomic E-state index is 0.425. The third-order valence-corrected chi connectivity index (χ3v) is 4.01. The van der Waals surface area contributed by atoms with Crippen molar-refractivity contribution in [3.63, 3.8) is 0 Å². The first-order valence-electron chi connectivity index (χ1n) is 6.69. The van der Waals surface area contributed by atoms with E-state index in [-0.39, 0.29) is 0 Å². The molecule has 0 aromatic carbocycles. The van der Waals surface area contributed by atoms with Gasteiger partial charge in [-0.15, -0.1) is 0 Å². The molecule has 0 bridgehead atoms. The fraction of sp³-hybridized carbons (Fsp3) is 0.643. The fourth-order valence-corrected chi connectivity index (χ4v) is 1.84. The Balaban J connectivity index is 3.06. The van der Waals surface area contributed by atoms with E-state index in [0.717, 1.165) is 13.0 Å². The van der Waals surface area contributed by atoms with E-state index in [1.165, 1.54) is 0 Å². The summed E-state index contributed by atoms with van der Waals surface area (Å²) < 4.78 is 0. The topological polar surface area (TPSA) is 57.2 Å². The highest BCUT2D eigenvalue weighted by atomic mass is 35.5. The number of nitrogens with one attached hydrogen (secondary N) is 2. The Hall–Kier alpha value is -0.710. The SMILES string of the molecule is CCCNc1nc(NC(C)(C)C(C)(C)O)c(Cl)cc1Cl. The maximum atomic E-state index is 10.2. The summed E-state index contributed by atoms with van der Waals surface area (Å²) in [5, 5.41) is 17.4. The Morgan fingerprint density at radius 1 is 1.15 bits per heavy atom. The molecule has 4 nitrogen and oxygen atoms in total. The smallest absolute Gasteiger partial charge is 0.147 e. The van der Waals surface area contributed by atoms with Crippen molar-refractivity contribution in [3.8, 4) is 0 Å². The summed E-state index contributed by atoms with van der Waals surface area (Å²) in [5.41, 5.74) is -1.53. The Morgan fingerprint density at radius 3 is 2.20 bits per heavy atom. The van der Waals surface area contributed by atoms with E-state index in [2.05, 4.69) is 22.5 Å². The molecule has 6 heteroatoms. The number of pyridine rings is 1. The lowest BCUT2D eigenvalue weighted by atomic mass is 9.86. The molecule has 1 heterocycles. The molecule has 0 aliphatic carbocycles. The lowest BCUT2D eigenvalue weighted by Crippen LogP contribution is -2.51. The number of rotatable bonds is 6. The van der Waals surface area contributed by atoms with Gasteiger partial charge in [0.25, 0.3) is 0 Å². The number of aromatic nitrogens is 1. The first-order chi connectivity index (χ1) is 9.08. The number of hydrogen-bond donors (Lipinski definition) is 3. The Morgan fingerprint density at radius 2 is 1.70 bits per heavy atom. The summed E-state index contributed by atoms with van der Waals surface area (Å²) in [6, 6.07) is 1.65. The van der Waals surface area contributed by atoms with E-state index >= 15 is 0 Å². The molecule has 1 rings (SSSR count). The lowest BCUT2D eigenvalue weighted by molar-refractivity contribution is 0.0239. The van der Waals surface area contributed by atoms with Crippen LogP contribution >= 0.6 is 23.2 Å². The molecule has 0 saturated heterocycles. The number of anilines is 2. The van der Waals surface area contributed by atoms with Gasteiger partial charge in [0.05, 0.1) is 21.2 Å². The number of halogens is 2. The van der Waals surface area contributed by atoms with Gasteiger partial charge in [-0.1, -0.05) is 30.1 Å². The molecule has 1 aromatic heterocycles. The quantitative estimate of drug-likeness (QED) is 0.736. The predicted octanol–water partition coefficient (Wildman–Crippen LogP) is 4.17. The zero-order chi connectivity index (χ0) is 15.6. The van der Waals surface area contributed by atoms with Crippen molar-refractivity contribution in [1.82, 2.24) is 4.98 Å². The average Bonchev–Trinajstić information content (AvgIpc) is 2.29. The van der Waals surface area contributed by atoms with Crippen LogP contribution in [0.2, 0.25) is 10.0 Å². The molecule has 0 amide bonds. The van der Waals surface area contributed by atoms with Crippen LogP contribution in [0.5, 0.6) is 0 Å². The van der Waals surface area contributed by atoms with Gasteiger partial charge in [0.15, 0.2) is 0 Å². The van der Waals surface area contributed by atoms with E-state index < -0.39 is 11.1 Å². The van der Waals surface area contributed by atoms with E-state index in [0.29, 0.717) is 21.7 Å². The second-order valence-electron chi connectivity index (χ2n) is 5.89. The van der Waals surface area contributed by atoms with Crippen molar-refractivity contribution >= 4 is 34.8 Å². The first-order valence-corrected chi connectivity index (χ1v) is 7.44. The summed E-state index contributed by atoms with van der Waals surface area (Å²) >= 11 is 12.3. The second-order valence-corrected chi connectivity index (χ2v) is 6.70. The molecule has 0 aliphatic rings.